The lowest BCUT2D eigenvalue weighted by molar-refractivity contribution is 0.144. The quantitative estimate of drug-likeness (QED) is 0.596. The molecule has 4 aromatic rings. The van der Waals surface area contributed by atoms with Gasteiger partial charge in [0.25, 0.3) is 6.43 Å². The van der Waals surface area contributed by atoms with Crippen LogP contribution >= 0.6 is 0 Å². The lowest BCUT2D eigenvalue weighted by Gasteiger charge is -2.10. The third-order valence-corrected chi connectivity index (χ3v) is 4.43. The molecule has 0 atom stereocenters. The van der Waals surface area contributed by atoms with Gasteiger partial charge in [0.15, 0.2) is 5.65 Å². The Morgan fingerprint density at radius 2 is 1.89 bits per heavy atom. The Morgan fingerprint density at radius 1 is 1.07 bits per heavy atom. The Kier molecular flexibility index (Phi) is 4.33. The fourth-order valence-corrected chi connectivity index (χ4v) is 2.96. The number of aliphatic hydroxyl groups excluding tert-OH is 1. The molecule has 0 aliphatic rings. The number of rotatable bonds is 4. The van der Waals surface area contributed by atoms with E-state index in [1.54, 1.807) is 12.3 Å². The molecular weight excluding hydrogens is 352 g/mol. The van der Waals surface area contributed by atoms with Crippen molar-refractivity contribution in [3.63, 3.8) is 0 Å². The summed E-state index contributed by atoms with van der Waals surface area (Å²) in [4.78, 5) is 12.8. The first kappa shape index (κ1) is 17.2. The minimum absolute atomic E-state index is 0.0643. The van der Waals surface area contributed by atoms with Crippen LogP contribution in [-0.2, 0) is 6.61 Å². The lowest BCUT2D eigenvalue weighted by atomic mass is 10.00. The third kappa shape index (κ3) is 3.04. The van der Waals surface area contributed by atoms with Gasteiger partial charge in [-0.3, -0.25) is 0 Å². The summed E-state index contributed by atoms with van der Waals surface area (Å²) in [7, 11) is 0. The zero-order valence-electron chi connectivity index (χ0n) is 14.3. The number of imidazole rings is 1. The molecule has 1 N–H and O–H groups in total. The van der Waals surface area contributed by atoms with Crippen LogP contribution in [0.1, 0.15) is 23.2 Å². The molecule has 0 radical (unpaired) electrons. The van der Waals surface area contributed by atoms with Crippen molar-refractivity contribution in [3.8, 4) is 22.6 Å². The van der Waals surface area contributed by atoms with Crippen molar-refractivity contribution >= 4 is 5.65 Å². The van der Waals surface area contributed by atoms with Crippen molar-refractivity contribution in [3.05, 3.63) is 65.7 Å². The van der Waals surface area contributed by atoms with Crippen LogP contribution in [0, 0.1) is 6.92 Å². The number of hydrogen-bond acceptors (Lipinski definition) is 5. The molecule has 4 rings (SSSR count). The Labute approximate surface area is 153 Å². The largest absolute Gasteiger partial charge is 0.392 e. The van der Waals surface area contributed by atoms with Crippen LogP contribution in [0.15, 0.2) is 48.9 Å². The topological polar surface area (TPSA) is 76.2 Å². The second-order valence-corrected chi connectivity index (χ2v) is 6.01. The molecule has 1 aromatic carbocycles. The summed E-state index contributed by atoms with van der Waals surface area (Å²) in [6.45, 7) is 1.85. The molecule has 3 heterocycles. The molecule has 0 amide bonds. The number of hydrogen-bond donors (Lipinski definition) is 1. The standard InChI is InChI=1S/C19H15F2N5O/c1-11-12(9-27)3-2-4-13(11)15-7-16(24-10-23-15)17-8-22-18-6-5-14(19(20)21)25-26(17)18/h2-8,10,19,27H,9H2,1H3. The number of aliphatic hydroxyl groups is 1. The highest BCUT2D eigenvalue weighted by molar-refractivity contribution is 5.70. The van der Waals surface area contributed by atoms with E-state index in [4.69, 9.17) is 0 Å². The maximum absolute atomic E-state index is 13.0. The average Bonchev–Trinajstić information content (AvgIpc) is 3.11. The molecule has 27 heavy (non-hydrogen) atoms. The predicted octanol–water partition coefficient (Wildman–Crippen LogP) is 3.59. The molecule has 3 aromatic heterocycles. The smallest absolute Gasteiger partial charge is 0.282 e. The molecule has 0 spiro atoms. The molecule has 0 aliphatic carbocycles. The molecule has 136 valence electrons. The first-order valence-electron chi connectivity index (χ1n) is 8.23. The maximum atomic E-state index is 13.0. The number of halogens is 2. The number of aromatic nitrogens is 5. The lowest BCUT2D eigenvalue weighted by Crippen LogP contribution is -2.01. The summed E-state index contributed by atoms with van der Waals surface area (Å²) in [5, 5.41) is 13.4. The first-order chi connectivity index (χ1) is 13.1. The monoisotopic (exact) mass is 367 g/mol. The molecular formula is C19H15F2N5O. The van der Waals surface area contributed by atoms with Gasteiger partial charge in [-0.2, -0.15) is 5.10 Å². The minimum Gasteiger partial charge on any atom is -0.392 e. The van der Waals surface area contributed by atoms with Crippen molar-refractivity contribution in [2.45, 2.75) is 20.0 Å². The van der Waals surface area contributed by atoms with Gasteiger partial charge in [-0.25, -0.2) is 28.2 Å². The van der Waals surface area contributed by atoms with E-state index >= 15 is 0 Å². The third-order valence-electron chi connectivity index (χ3n) is 4.43. The van der Waals surface area contributed by atoms with Gasteiger partial charge in [0.2, 0.25) is 0 Å². The van der Waals surface area contributed by atoms with Gasteiger partial charge < -0.3 is 5.11 Å². The van der Waals surface area contributed by atoms with Crippen LogP contribution in [0.3, 0.4) is 0 Å². The predicted molar refractivity (Wildman–Crippen MR) is 95.1 cm³/mol. The minimum atomic E-state index is -2.67. The van der Waals surface area contributed by atoms with Crippen LogP contribution in [0.5, 0.6) is 0 Å². The first-order valence-corrected chi connectivity index (χ1v) is 8.23. The van der Waals surface area contributed by atoms with E-state index in [-0.39, 0.29) is 12.3 Å². The van der Waals surface area contributed by atoms with E-state index in [0.29, 0.717) is 22.7 Å². The van der Waals surface area contributed by atoms with E-state index < -0.39 is 6.43 Å². The van der Waals surface area contributed by atoms with Crippen LogP contribution in [0.2, 0.25) is 0 Å². The van der Waals surface area contributed by atoms with Crippen molar-refractivity contribution < 1.29 is 13.9 Å². The number of benzene rings is 1. The average molecular weight is 367 g/mol. The van der Waals surface area contributed by atoms with Gasteiger partial charge in [-0.05, 0) is 36.2 Å². The summed E-state index contributed by atoms with van der Waals surface area (Å²) >= 11 is 0. The number of nitrogens with zero attached hydrogens (tertiary/aromatic N) is 5. The normalized spacial score (nSPS) is 11.4. The fraction of sp³-hybridized carbons (Fsp3) is 0.158. The maximum Gasteiger partial charge on any atom is 0.282 e. The second kappa shape index (κ2) is 6.81. The highest BCUT2D eigenvalue weighted by Crippen LogP contribution is 2.27. The van der Waals surface area contributed by atoms with Gasteiger partial charge in [0.1, 0.15) is 17.7 Å². The molecule has 0 fully saturated rings. The molecule has 6 nitrogen and oxygen atoms in total. The Morgan fingerprint density at radius 3 is 2.67 bits per heavy atom. The number of fused-ring (bicyclic) bond motifs is 1. The SMILES string of the molecule is Cc1c(CO)cccc1-c1cc(-c2cnc3ccc(C(F)F)nn23)ncn1. The van der Waals surface area contributed by atoms with Gasteiger partial charge in [0.05, 0.1) is 24.2 Å². The summed E-state index contributed by atoms with van der Waals surface area (Å²) in [5.41, 5.74) is 4.38. The summed E-state index contributed by atoms with van der Waals surface area (Å²) < 4.78 is 27.3. The second-order valence-electron chi connectivity index (χ2n) is 6.01. The van der Waals surface area contributed by atoms with Crippen molar-refractivity contribution in [2.24, 2.45) is 0 Å². The highest BCUT2D eigenvalue weighted by Gasteiger charge is 2.15. The summed E-state index contributed by atoms with van der Waals surface area (Å²) in [6, 6.07) is 10.1. The van der Waals surface area contributed by atoms with E-state index in [1.165, 1.54) is 23.0 Å². The van der Waals surface area contributed by atoms with Crippen LogP contribution < -0.4 is 0 Å². The molecule has 8 heteroatoms. The fourth-order valence-electron chi connectivity index (χ4n) is 2.96. The molecule has 0 aliphatic heterocycles. The van der Waals surface area contributed by atoms with Crippen LogP contribution in [-0.4, -0.2) is 29.7 Å². The van der Waals surface area contributed by atoms with E-state index in [0.717, 1.165) is 16.7 Å². The highest BCUT2D eigenvalue weighted by atomic mass is 19.3. The van der Waals surface area contributed by atoms with Gasteiger partial charge in [0, 0.05) is 5.56 Å². The molecule has 0 unspecified atom stereocenters. The molecule has 0 saturated carbocycles. The van der Waals surface area contributed by atoms with E-state index in [1.807, 2.05) is 25.1 Å². The van der Waals surface area contributed by atoms with Crippen molar-refractivity contribution in [2.75, 3.05) is 0 Å². The molecule has 0 saturated heterocycles. The zero-order chi connectivity index (χ0) is 19.0. The Bertz CT molecular complexity index is 1130. The van der Waals surface area contributed by atoms with Crippen molar-refractivity contribution in [1.29, 1.82) is 0 Å². The van der Waals surface area contributed by atoms with Gasteiger partial charge in [-0.1, -0.05) is 18.2 Å². The Balaban J connectivity index is 1.84. The summed E-state index contributed by atoms with van der Waals surface area (Å²) in [6.07, 6.45) is 0.279. The Hall–Kier alpha value is -3.26. The molecule has 0 bridgehead atoms. The van der Waals surface area contributed by atoms with E-state index in [9.17, 15) is 13.9 Å². The zero-order valence-corrected chi connectivity index (χ0v) is 14.3. The van der Waals surface area contributed by atoms with Gasteiger partial charge in [-0.15, -0.1) is 0 Å². The summed E-state index contributed by atoms with van der Waals surface area (Å²) in [5.74, 6) is 0. The van der Waals surface area contributed by atoms with Crippen LogP contribution in [0.4, 0.5) is 8.78 Å². The van der Waals surface area contributed by atoms with Crippen molar-refractivity contribution in [1.82, 2.24) is 24.6 Å². The van der Waals surface area contributed by atoms with E-state index in [2.05, 4.69) is 20.1 Å². The van der Waals surface area contributed by atoms with Gasteiger partial charge >= 0.3 is 0 Å². The number of alkyl halides is 2. The van der Waals surface area contributed by atoms with Crippen LogP contribution in [0.25, 0.3) is 28.3 Å².